The Morgan fingerprint density at radius 2 is 2.26 bits per heavy atom. The van der Waals surface area contributed by atoms with E-state index in [1.807, 2.05) is 6.92 Å². The maximum atomic E-state index is 10.8. The van der Waals surface area contributed by atoms with Crippen LogP contribution in [0.25, 0.3) is 0 Å². The fraction of sp³-hybridized carbons (Fsp3) is 0.250. The molecule has 19 heavy (non-hydrogen) atoms. The smallest absolute Gasteiger partial charge is 0.288 e. The predicted octanol–water partition coefficient (Wildman–Crippen LogP) is 3.45. The molecule has 1 unspecified atom stereocenters. The summed E-state index contributed by atoms with van der Waals surface area (Å²) in [5, 5.41) is 14.1. The van der Waals surface area contributed by atoms with Crippen LogP contribution in [0.15, 0.2) is 24.5 Å². The molecule has 1 atom stereocenters. The molecule has 100 valence electrons. The van der Waals surface area contributed by atoms with Crippen LogP contribution in [0, 0.1) is 17.0 Å². The van der Waals surface area contributed by atoms with Crippen molar-refractivity contribution >= 4 is 23.0 Å². The average molecular weight is 281 g/mol. The fourth-order valence-electron chi connectivity index (χ4n) is 1.78. The van der Waals surface area contributed by atoms with Gasteiger partial charge < -0.3 is 10.3 Å². The number of nitrogens with zero attached hydrogens (tertiary/aromatic N) is 2. The number of hydrogen-bond acceptors (Lipinski definition) is 4. The summed E-state index contributed by atoms with van der Waals surface area (Å²) < 4.78 is 0. The molecule has 0 saturated heterocycles. The molecule has 0 radical (unpaired) electrons. The minimum Gasteiger partial charge on any atom is -0.375 e. The number of rotatable bonds is 4. The molecule has 0 aliphatic carbocycles. The molecular weight excluding hydrogens is 268 g/mol. The number of halogens is 1. The van der Waals surface area contributed by atoms with Crippen LogP contribution in [-0.2, 0) is 0 Å². The maximum absolute atomic E-state index is 10.8. The molecule has 6 nitrogen and oxygen atoms in total. The van der Waals surface area contributed by atoms with Crippen LogP contribution < -0.4 is 5.32 Å². The molecule has 0 spiro atoms. The van der Waals surface area contributed by atoms with Crippen LogP contribution in [0.2, 0.25) is 5.02 Å². The molecule has 0 amide bonds. The van der Waals surface area contributed by atoms with E-state index in [1.54, 1.807) is 25.4 Å². The topological polar surface area (TPSA) is 83.8 Å². The first-order valence-corrected chi connectivity index (χ1v) is 6.07. The normalized spacial score (nSPS) is 12.2. The van der Waals surface area contributed by atoms with Crippen molar-refractivity contribution in [2.45, 2.75) is 19.9 Å². The van der Waals surface area contributed by atoms with Crippen LogP contribution in [0.3, 0.4) is 0 Å². The molecule has 7 heteroatoms. The van der Waals surface area contributed by atoms with Crippen molar-refractivity contribution < 1.29 is 4.92 Å². The Morgan fingerprint density at radius 3 is 2.84 bits per heavy atom. The lowest BCUT2D eigenvalue weighted by Crippen LogP contribution is -2.09. The molecular formula is C12H13ClN4O2. The van der Waals surface area contributed by atoms with Crippen LogP contribution >= 0.6 is 11.6 Å². The lowest BCUT2D eigenvalue weighted by atomic mass is 10.1. The van der Waals surface area contributed by atoms with Gasteiger partial charge in [0.15, 0.2) is 0 Å². The van der Waals surface area contributed by atoms with Gasteiger partial charge in [0, 0.05) is 24.1 Å². The van der Waals surface area contributed by atoms with Gasteiger partial charge in [-0.1, -0.05) is 11.6 Å². The second-order valence-electron chi connectivity index (χ2n) is 4.22. The lowest BCUT2D eigenvalue weighted by Gasteiger charge is -2.15. The minimum absolute atomic E-state index is 0.0498. The number of aromatic amines is 1. The van der Waals surface area contributed by atoms with Crippen molar-refractivity contribution in [1.29, 1.82) is 0 Å². The number of aryl methyl sites for hydroxylation is 1. The van der Waals surface area contributed by atoms with Crippen LogP contribution in [0.5, 0.6) is 0 Å². The molecule has 2 aromatic rings. The fourth-order valence-corrected chi connectivity index (χ4v) is 2.01. The molecule has 0 aliphatic heterocycles. The van der Waals surface area contributed by atoms with Gasteiger partial charge in [-0.2, -0.15) is 0 Å². The SMILES string of the molecule is Cc1cc([N+](=O)[O-])c(Cl)cc1NC(C)c1ncc[nH]1. The van der Waals surface area contributed by atoms with E-state index >= 15 is 0 Å². The van der Waals surface area contributed by atoms with Gasteiger partial charge in [0.2, 0.25) is 0 Å². The van der Waals surface area contributed by atoms with E-state index in [0.717, 1.165) is 17.1 Å². The number of hydrogen-bond donors (Lipinski definition) is 2. The Morgan fingerprint density at radius 1 is 1.53 bits per heavy atom. The minimum atomic E-state index is -0.491. The van der Waals surface area contributed by atoms with Crippen LogP contribution in [0.4, 0.5) is 11.4 Å². The summed E-state index contributed by atoms with van der Waals surface area (Å²) >= 11 is 5.90. The van der Waals surface area contributed by atoms with E-state index in [1.165, 1.54) is 6.07 Å². The molecule has 1 heterocycles. The summed E-state index contributed by atoms with van der Waals surface area (Å²) in [6.07, 6.45) is 3.41. The Labute approximate surface area is 115 Å². The summed E-state index contributed by atoms with van der Waals surface area (Å²) in [6.45, 7) is 3.73. The Bertz CT molecular complexity index is 598. The number of anilines is 1. The van der Waals surface area contributed by atoms with Crippen LogP contribution in [0.1, 0.15) is 24.4 Å². The van der Waals surface area contributed by atoms with Crippen molar-refractivity contribution in [1.82, 2.24) is 9.97 Å². The van der Waals surface area contributed by atoms with Gasteiger partial charge in [-0.05, 0) is 25.5 Å². The molecule has 0 bridgehead atoms. The van der Waals surface area contributed by atoms with Gasteiger partial charge in [0.25, 0.3) is 5.69 Å². The van der Waals surface area contributed by atoms with E-state index in [2.05, 4.69) is 15.3 Å². The molecule has 0 saturated carbocycles. The monoisotopic (exact) mass is 280 g/mol. The van der Waals surface area contributed by atoms with E-state index in [9.17, 15) is 10.1 Å². The van der Waals surface area contributed by atoms with Gasteiger partial charge in [0.05, 0.1) is 11.0 Å². The number of imidazole rings is 1. The lowest BCUT2D eigenvalue weighted by molar-refractivity contribution is -0.384. The highest BCUT2D eigenvalue weighted by molar-refractivity contribution is 6.33. The quantitative estimate of drug-likeness (QED) is 0.663. The molecule has 2 N–H and O–H groups in total. The second-order valence-corrected chi connectivity index (χ2v) is 4.62. The van der Waals surface area contributed by atoms with Crippen molar-refractivity contribution in [3.05, 3.63) is 51.1 Å². The standard InChI is InChI=1S/C12H13ClN4O2/c1-7-5-11(17(18)19)9(13)6-10(7)16-8(2)12-14-3-4-15-12/h3-6,8,16H,1-2H3,(H,14,15). The number of nitro benzene ring substituents is 1. The highest BCUT2D eigenvalue weighted by Crippen LogP contribution is 2.31. The summed E-state index contributed by atoms with van der Waals surface area (Å²) in [5.41, 5.74) is 1.42. The zero-order chi connectivity index (χ0) is 14.0. The van der Waals surface area contributed by atoms with E-state index in [0.29, 0.717) is 0 Å². The Hall–Kier alpha value is -2.08. The number of aromatic nitrogens is 2. The first-order chi connectivity index (χ1) is 8.99. The van der Waals surface area contributed by atoms with Crippen LogP contribution in [-0.4, -0.2) is 14.9 Å². The van der Waals surface area contributed by atoms with Gasteiger partial charge in [-0.3, -0.25) is 10.1 Å². The Kier molecular flexibility index (Phi) is 3.71. The number of nitro groups is 1. The molecule has 2 rings (SSSR count). The first kappa shape index (κ1) is 13.4. The third-order valence-corrected chi connectivity index (χ3v) is 3.09. The first-order valence-electron chi connectivity index (χ1n) is 5.69. The van der Waals surface area contributed by atoms with E-state index in [4.69, 9.17) is 11.6 Å². The zero-order valence-electron chi connectivity index (χ0n) is 10.5. The van der Waals surface area contributed by atoms with Gasteiger partial charge in [-0.25, -0.2) is 4.98 Å². The average Bonchev–Trinajstić information content (AvgIpc) is 2.86. The molecule has 0 fully saturated rings. The third kappa shape index (κ3) is 2.85. The summed E-state index contributed by atoms with van der Waals surface area (Å²) in [7, 11) is 0. The highest BCUT2D eigenvalue weighted by atomic mass is 35.5. The summed E-state index contributed by atoms with van der Waals surface area (Å²) in [4.78, 5) is 17.4. The number of H-pyrrole nitrogens is 1. The third-order valence-electron chi connectivity index (χ3n) is 2.79. The highest BCUT2D eigenvalue weighted by Gasteiger charge is 2.16. The van der Waals surface area contributed by atoms with Crippen molar-refractivity contribution in [3.63, 3.8) is 0 Å². The van der Waals surface area contributed by atoms with Crippen molar-refractivity contribution in [2.24, 2.45) is 0 Å². The molecule has 1 aromatic carbocycles. The van der Waals surface area contributed by atoms with E-state index < -0.39 is 4.92 Å². The molecule has 1 aromatic heterocycles. The number of nitrogens with one attached hydrogen (secondary N) is 2. The molecule has 0 aliphatic rings. The Balaban J connectivity index is 2.26. The van der Waals surface area contributed by atoms with Gasteiger partial charge in [0.1, 0.15) is 10.8 Å². The largest absolute Gasteiger partial charge is 0.375 e. The summed E-state index contributed by atoms with van der Waals surface area (Å²) in [5.74, 6) is 0.786. The van der Waals surface area contributed by atoms with Gasteiger partial charge in [-0.15, -0.1) is 0 Å². The van der Waals surface area contributed by atoms with Crippen molar-refractivity contribution in [2.75, 3.05) is 5.32 Å². The van der Waals surface area contributed by atoms with E-state index in [-0.39, 0.29) is 16.8 Å². The maximum Gasteiger partial charge on any atom is 0.288 e. The predicted molar refractivity (Wildman–Crippen MR) is 73.5 cm³/mol. The summed E-state index contributed by atoms with van der Waals surface area (Å²) in [6, 6.07) is 2.97. The zero-order valence-corrected chi connectivity index (χ0v) is 11.2. The van der Waals surface area contributed by atoms with Crippen molar-refractivity contribution in [3.8, 4) is 0 Å². The van der Waals surface area contributed by atoms with Gasteiger partial charge >= 0.3 is 0 Å². The second kappa shape index (κ2) is 5.27. The number of benzene rings is 1.